The SMILES string of the molecule is C=C(CC)C[C@H](C)C(=C)Nc1ccc(C(C)CC[C@@H](C)c2ccc(C)c(C)c2)cc1C. The number of hydrogen-bond acceptors (Lipinski definition) is 1. The first-order valence-corrected chi connectivity index (χ1v) is 11.9. The number of hydrogen-bond donors (Lipinski definition) is 1. The normalized spacial score (nSPS) is 14.0. The maximum Gasteiger partial charge on any atom is 0.0411 e. The van der Waals surface area contributed by atoms with Crippen LogP contribution in [-0.4, -0.2) is 0 Å². The Kier molecular flexibility index (Phi) is 9.16. The molecule has 0 heterocycles. The first-order valence-electron chi connectivity index (χ1n) is 11.9. The van der Waals surface area contributed by atoms with Crippen LogP contribution in [0.2, 0.25) is 0 Å². The van der Waals surface area contributed by atoms with Crippen LogP contribution >= 0.6 is 0 Å². The Morgan fingerprint density at radius 2 is 1.35 bits per heavy atom. The molecule has 2 rings (SSSR count). The molecule has 31 heavy (non-hydrogen) atoms. The molecule has 0 aromatic heterocycles. The zero-order valence-electron chi connectivity index (χ0n) is 20.9. The van der Waals surface area contributed by atoms with Crippen molar-refractivity contribution < 1.29 is 0 Å². The molecule has 0 aliphatic rings. The van der Waals surface area contributed by atoms with E-state index in [1.807, 2.05) is 0 Å². The van der Waals surface area contributed by atoms with Crippen molar-refractivity contribution in [3.63, 3.8) is 0 Å². The average Bonchev–Trinajstić information content (AvgIpc) is 2.74. The van der Waals surface area contributed by atoms with Crippen LogP contribution in [0.3, 0.4) is 0 Å². The lowest BCUT2D eigenvalue weighted by atomic mass is 9.87. The molecule has 0 spiro atoms. The Balaban J connectivity index is 1.96. The van der Waals surface area contributed by atoms with E-state index < -0.39 is 0 Å². The molecular weight excluding hydrogens is 374 g/mol. The van der Waals surface area contributed by atoms with Crippen molar-refractivity contribution in [3.8, 4) is 0 Å². The Bertz CT molecular complexity index is 905. The molecule has 0 bridgehead atoms. The van der Waals surface area contributed by atoms with Gasteiger partial charge in [-0.3, -0.25) is 0 Å². The van der Waals surface area contributed by atoms with Crippen molar-refractivity contribution in [2.75, 3.05) is 5.32 Å². The molecule has 2 aromatic carbocycles. The topological polar surface area (TPSA) is 12.0 Å². The number of allylic oxidation sites excluding steroid dienone is 2. The summed E-state index contributed by atoms with van der Waals surface area (Å²) in [5, 5.41) is 3.55. The van der Waals surface area contributed by atoms with Crippen LogP contribution in [0.25, 0.3) is 0 Å². The van der Waals surface area contributed by atoms with E-state index >= 15 is 0 Å². The molecule has 0 saturated carbocycles. The smallest absolute Gasteiger partial charge is 0.0411 e. The zero-order valence-corrected chi connectivity index (χ0v) is 20.9. The minimum Gasteiger partial charge on any atom is -0.359 e. The van der Waals surface area contributed by atoms with Crippen LogP contribution in [0.15, 0.2) is 60.8 Å². The second kappa shape index (κ2) is 11.4. The predicted octanol–water partition coefficient (Wildman–Crippen LogP) is 9.22. The summed E-state index contributed by atoms with van der Waals surface area (Å²) in [4.78, 5) is 0. The summed E-state index contributed by atoms with van der Waals surface area (Å²) >= 11 is 0. The standard InChI is InChI=1S/C30H43N/c1-10-20(2)17-25(7)27(9)31-30-16-15-29(19-26(30)8)23(5)12-11-22(4)28-14-13-21(3)24(6)18-28/h13-16,18-19,22-23,25,31H,2,9-12,17H2,1,3-8H3/t22-,23?,25+/m1/s1. The van der Waals surface area contributed by atoms with E-state index in [9.17, 15) is 0 Å². The van der Waals surface area contributed by atoms with Crippen LogP contribution in [0.1, 0.15) is 93.0 Å². The predicted molar refractivity (Wildman–Crippen MR) is 139 cm³/mol. The molecule has 1 nitrogen and oxygen atoms in total. The zero-order chi connectivity index (χ0) is 23.1. The summed E-state index contributed by atoms with van der Waals surface area (Å²) in [6.45, 7) is 24.1. The molecule has 1 unspecified atom stereocenters. The van der Waals surface area contributed by atoms with Crippen LogP contribution in [0.4, 0.5) is 5.69 Å². The summed E-state index contributed by atoms with van der Waals surface area (Å²) in [5.41, 5.74) is 10.5. The highest BCUT2D eigenvalue weighted by atomic mass is 14.9. The lowest BCUT2D eigenvalue weighted by Gasteiger charge is -2.21. The quantitative estimate of drug-likeness (QED) is 0.359. The number of anilines is 1. The highest BCUT2D eigenvalue weighted by Crippen LogP contribution is 2.31. The number of nitrogens with one attached hydrogen (secondary N) is 1. The first-order chi connectivity index (χ1) is 14.6. The fourth-order valence-electron chi connectivity index (χ4n) is 4.03. The van der Waals surface area contributed by atoms with E-state index in [1.54, 1.807) is 0 Å². The first kappa shape index (κ1) is 25.0. The van der Waals surface area contributed by atoms with Crippen LogP contribution in [0.5, 0.6) is 0 Å². The van der Waals surface area contributed by atoms with Gasteiger partial charge in [0.1, 0.15) is 0 Å². The van der Waals surface area contributed by atoms with Crippen LogP contribution in [-0.2, 0) is 0 Å². The average molecular weight is 418 g/mol. The van der Waals surface area contributed by atoms with Gasteiger partial charge in [0.25, 0.3) is 0 Å². The Morgan fingerprint density at radius 3 is 1.87 bits per heavy atom. The van der Waals surface area contributed by atoms with E-state index in [4.69, 9.17) is 0 Å². The molecule has 0 amide bonds. The Hall–Kier alpha value is -2.28. The van der Waals surface area contributed by atoms with Crippen LogP contribution < -0.4 is 5.32 Å². The van der Waals surface area contributed by atoms with Gasteiger partial charge in [0.2, 0.25) is 0 Å². The van der Waals surface area contributed by atoms with Gasteiger partial charge in [0.05, 0.1) is 0 Å². The van der Waals surface area contributed by atoms with Crippen LogP contribution in [0, 0.1) is 26.7 Å². The molecule has 2 aromatic rings. The summed E-state index contributed by atoms with van der Waals surface area (Å²) in [5.74, 6) is 1.53. The van der Waals surface area contributed by atoms with Gasteiger partial charge in [-0.25, -0.2) is 0 Å². The van der Waals surface area contributed by atoms with E-state index in [2.05, 4.69) is 103 Å². The molecule has 0 saturated heterocycles. The fourth-order valence-corrected chi connectivity index (χ4v) is 4.03. The molecule has 1 heteroatoms. The van der Waals surface area contributed by atoms with Crippen molar-refractivity contribution in [1.29, 1.82) is 0 Å². The van der Waals surface area contributed by atoms with E-state index in [-0.39, 0.29) is 0 Å². The molecule has 1 N–H and O–H groups in total. The third kappa shape index (κ3) is 7.13. The maximum absolute atomic E-state index is 4.27. The highest BCUT2D eigenvalue weighted by Gasteiger charge is 2.13. The third-order valence-corrected chi connectivity index (χ3v) is 6.94. The molecule has 0 fully saturated rings. The van der Waals surface area contributed by atoms with Crippen molar-refractivity contribution in [3.05, 3.63) is 88.6 Å². The van der Waals surface area contributed by atoms with Crippen molar-refractivity contribution >= 4 is 5.69 Å². The largest absolute Gasteiger partial charge is 0.359 e. The molecule has 0 aliphatic carbocycles. The van der Waals surface area contributed by atoms with Gasteiger partial charge in [0.15, 0.2) is 0 Å². The number of benzene rings is 2. The molecular formula is C30H43N. The van der Waals surface area contributed by atoms with E-state index in [0.717, 1.165) is 18.5 Å². The fraction of sp³-hybridized carbons (Fsp3) is 0.467. The van der Waals surface area contributed by atoms with Gasteiger partial charge in [-0.1, -0.05) is 76.8 Å². The lowest BCUT2D eigenvalue weighted by molar-refractivity contribution is 0.573. The molecule has 168 valence electrons. The number of rotatable bonds is 11. The van der Waals surface area contributed by atoms with E-state index in [1.165, 1.54) is 51.9 Å². The monoisotopic (exact) mass is 417 g/mol. The molecule has 3 atom stereocenters. The van der Waals surface area contributed by atoms with Crippen molar-refractivity contribution in [1.82, 2.24) is 0 Å². The second-order valence-electron chi connectivity index (χ2n) is 9.66. The van der Waals surface area contributed by atoms with Crippen molar-refractivity contribution in [2.45, 2.75) is 86.0 Å². The third-order valence-electron chi connectivity index (χ3n) is 6.94. The van der Waals surface area contributed by atoms with Gasteiger partial charge >= 0.3 is 0 Å². The second-order valence-corrected chi connectivity index (χ2v) is 9.66. The van der Waals surface area contributed by atoms with Gasteiger partial charge in [-0.15, -0.1) is 0 Å². The summed E-state index contributed by atoms with van der Waals surface area (Å²) < 4.78 is 0. The van der Waals surface area contributed by atoms with Gasteiger partial charge in [-0.2, -0.15) is 0 Å². The number of aryl methyl sites for hydroxylation is 3. The van der Waals surface area contributed by atoms with E-state index in [0.29, 0.717) is 17.8 Å². The Morgan fingerprint density at radius 1 is 0.806 bits per heavy atom. The summed E-state index contributed by atoms with van der Waals surface area (Å²) in [7, 11) is 0. The lowest BCUT2D eigenvalue weighted by Crippen LogP contribution is -2.09. The van der Waals surface area contributed by atoms with Gasteiger partial charge in [-0.05, 0) is 98.1 Å². The van der Waals surface area contributed by atoms with Gasteiger partial charge in [0, 0.05) is 11.4 Å². The van der Waals surface area contributed by atoms with Crippen molar-refractivity contribution in [2.24, 2.45) is 5.92 Å². The minimum atomic E-state index is 0.386. The molecule has 0 aliphatic heterocycles. The maximum atomic E-state index is 4.27. The Labute approximate surface area is 191 Å². The summed E-state index contributed by atoms with van der Waals surface area (Å²) in [6, 6.07) is 13.8. The summed E-state index contributed by atoms with van der Waals surface area (Å²) in [6.07, 6.45) is 4.43. The minimum absolute atomic E-state index is 0.386. The molecule has 0 radical (unpaired) electrons. The van der Waals surface area contributed by atoms with Gasteiger partial charge < -0.3 is 5.32 Å². The highest BCUT2D eigenvalue weighted by molar-refractivity contribution is 5.56.